The van der Waals surface area contributed by atoms with Gasteiger partial charge in [-0.3, -0.25) is 14.9 Å². The van der Waals surface area contributed by atoms with E-state index in [9.17, 15) is 23.7 Å². The van der Waals surface area contributed by atoms with Crippen LogP contribution in [0.25, 0.3) is 0 Å². The van der Waals surface area contributed by atoms with Crippen LogP contribution in [0.3, 0.4) is 0 Å². The molecule has 0 spiro atoms. The number of rotatable bonds is 5. The van der Waals surface area contributed by atoms with Gasteiger partial charge in [0.25, 0.3) is 12.1 Å². The van der Waals surface area contributed by atoms with Crippen LogP contribution in [0.1, 0.15) is 31.3 Å². The summed E-state index contributed by atoms with van der Waals surface area (Å²) in [4.78, 5) is 20.8. The van der Waals surface area contributed by atoms with Crippen molar-refractivity contribution in [2.75, 3.05) is 5.32 Å². The van der Waals surface area contributed by atoms with E-state index in [4.69, 9.17) is 5.11 Å². The molecular formula is C13H14F2N2O4. The number of carboxylic acids is 1. The van der Waals surface area contributed by atoms with E-state index in [1.54, 1.807) is 0 Å². The summed E-state index contributed by atoms with van der Waals surface area (Å²) in [6.45, 7) is 0. The highest BCUT2D eigenvalue weighted by Gasteiger charge is 2.30. The number of benzene rings is 1. The van der Waals surface area contributed by atoms with Gasteiger partial charge in [-0.25, -0.2) is 8.78 Å². The van der Waals surface area contributed by atoms with Gasteiger partial charge in [-0.1, -0.05) is 0 Å². The highest BCUT2D eigenvalue weighted by molar-refractivity contribution is 5.70. The number of nitrogens with one attached hydrogen (secondary N) is 1. The summed E-state index contributed by atoms with van der Waals surface area (Å²) < 4.78 is 26.0. The lowest BCUT2D eigenvalue weighted by Crippen LogP contribution is -2.18. The lowest BCUT2D eigenvalue weighted by molar-refractivity contribution is -0.385. The smallest absolute Gasteiger partial charge is 0.306 e. The largest absolute Gasteiger partial charge is 0.481 e. The molecule has 1 aromatic carbocycles. The maximum atomic E-state index is 13.0. The van der Waals surface area contributed by atoms with Crippen molar-refractivity contribution in [3.8, 4) is 0 Å². The zero-order valence-corrected chi connectivity index (χ0v) is 11.0. The van der Waals surface area contributed by atoms with E-state index in [0.29, 0.717) is 19.3 Å². The van der Waals surface area contributed by atoms with Crippen LogP contribution in [0.2, 0.25) is 0 Å². The highest BCUT2D eigenvalue weighted by Crippen LogP contribution is 2.34. The van der Waals surface area contributed by atoms with Crippen molar-refractivity contribution < 1.29 is 23.6 Å². The number of hydrogen-bond acceptors (Lipinski definition) is 4. The predicted octanol–water partition coefficient (Wildman–Crippen LogP) is 3.20. The number of non-ortho nitro benzene ring substituents is 1. The maximum absolute atomic E-state index is 13.0. The second-order valence-corrected chi connectivity index (χ2v) is 5.02. The van der Waals surface area contributed by atoms with Crippen LogP contribution >= 0.6 is 0 Å². The second kappa shape index (κ2) is 6.02. The first-order chi connectivity index (χ1) is 9.88. The van der Waals surface area contributed by atoms with E-state index in [-0.39, 0.29) is 11.7 Å². The van der Waals surface area contributed by atoms with Gasteiger partial charge in [0.05, 0.1) is 10.8 Å². The number of anilines is 1. The minimum Gasteiger partial charge on any atom is -0.481 e. The molecule has 1 aliphatic carbocycles. The first kappa shape index (κ1) is 15.1. The molecule has 8 heteroatoms. The summed E-state index contributed by atoms with van der Waals surface area (Å²) in [5.41, 5.74) is -0.722. The van der Waals surface area contributed by atoms with E-state index in [2.05, 4.69) is 5.32 Å². The topological polar surface area (TPSA) is 92.5 Å². The average molecular weight is 300 g/mol. The molecule has 0 unspecified atom stereocenters. The van der Waals surface area contributed by atoms with Gasteiger partial charge in [-0.05, 0) is 25.3 Å². The van der Waals surface area contributed by atoms with Crippen LogP contribution in [-0.2, 0) is 4.79 Å². The Morgan fingerprint density at radius 1 is 1.43 bits per heavy atom. The van der Waals surface area contributed by atoms with Crippen molar-refractivity contribution in [2.45, 2.75) is 31.7 Å². The normalized spacial score (nSPS) is 21.5. The lowest BCUT2D eigenvalue weighted by Gasteiger charge is -2.17. The van der Waals surface area contributed by atoms with E-state index >= 15 is 0 Å². The molecule has 2 N–H and O–H groups in total. The van der Waals surface area contributed by atoms with E-state index in [1.165, 1.54) is 6.07 Å². The van der Waals surface area contributed by atoms with Crippen molar-refractivity contribution in [3.05, 3.63) is 33.9 Å². The minimum atomic E-state index is -2.84. The van der Waals surface area contributed by atoms with E-state index in [1.807, 2.05) is 0 Å². The minimum absolute atomic E-state index is 0.117. The fraction of sp³-hybridized carbons (Fsp3) is 0.462. The number of nitrogens with zero attached hydrogens (tertiary/aromatic N) is 1. The molecule has 1 aliphatic rings. The van der Waals surface area contributed by atoms with Gasteiger partial charge in [0, 0.05) is 29.4 Å². The van der Waals surface area contributed by atoms with Gasteiger partial charge in [0.1, 0.15) is 0 Å². The van der Waals surface area contributed by atoms with Crippen LogP contribution in [0.5, 0.6) is 0 Å². The highest BCUT2D eigenvalue weighted by atomic mass is 19.3. The summed E-state index contributed by atoms with van der Waals surface area (Å²) in [5.74, 6) is -1.37. The standard InChI is InChI=1S/C13H14F2N2O4/c14-12(15)10-6-9(17(20)21)3-4-11(10)16-8-2-1-7(5-8)13(18)19/h3-4,6-8,12,16H,1-2,5H2,(H,18,19)/t7-,8+/m1/s1. The van der Waals surface area contributed by atoms with Crippen LogP contribution in [0, 0.1) is 16.0 Å². The number of carboxylic acid groups (broad SMARTS) is 1. The Hall–Kier alpha value is -2.25. The van der Waals surface area contributed by atoms with Crippen molar-refractivity contribution in [2.24, 2.45) is 5.92 Å². The number of carbonyl (C=O) groups is 1. The molecule has 21 heavy (non-hydrogen) atoms. The molecule has 0 heterocycles. The Balaban J connectivity index is 2.16. The number of aliphatic carboxylic acids is 1. The van der Waals surface area contributed by atoms with Crippen LogP contribution in [0.15, 0.2) is 18.2 Å². The predicted molar refractivity (Wildman–Crippen MR) is 70.4 cm³/mol. The second-order valence-electron chi connectivity index (χ2n) is 5.02. The fourth-order valence-corrected chi connectivity index (χ4v) is 2.53. The third kappa shape index (κ3) is 3.45. The van der Waals surface area contributed by atoms with Crippen LogP contribution < -0.4 is 5.32 Å². The SMILES string of the molecule is O=C(O)[C@@H]1CC[C@H](Nc2ccc([N+](=O)[O-])cc2C(F)F)C1. The molecule has 2 rings (SSSR count). The van der Waals surface area contributed by atoms with Gasteiger partial charge < -0.3 is 10.4 Å². The van der Waals surface area contributed by atoms with Crippen molar-refractivity contribution in [1.82, 2.24) is 0 Å². The molecular weight excluding hydrogens is 286 g/mol. The van der Waals surface area contributed by atoms with Gasteiger partial charge >= 0.3 is 5.97 Å². The van der Waals surface area contributed by atoms with Crippen molar-refractivity contribution in [1.29, 1.82) is 0 Å². The summed E-state index contributed by atoms with van der Waals surface area (Å²) in [5, 5.41) is 22.4. The van der Waals surface area contributed by atoms with Gasteiger partial charge in [-0.2, -0.15) is 0 Å². The number of nitro groups is 1. The average Bonchev–Trinajstić information content (AvgIpc) is 2.87. The van der Waals surface area contributed by atoms with Gasteiger partial charge in [0.15, 0.2) is 0 Å². The number of nitro benzene ring substituents is 1. The Kier molecular flexibility index (Phi) is 4.35. The molecule has 1 aromatic rings. The van der Waals surface area contributed by atoms with Gasteiger partial charge in [-0.15, -0.1) is 0 Å². The molecule has 1 saturated carbocycles. The molecule has 0 aliphatic heterocycles. The first-order valence-corrected chi connectivity index (χ1v) is 6.44. The monoisotopic (exact) mass is 300 g/mol. The Morgan fingerprint density at radius 2 is 2.14 bits per heavy atom. The molecule has 2 atom stereocenters. The summed E-state index contributed by atoms with van der Waals surface area (Å²) in [6.07, 6.45) is -1.43. The maximum Gasteiger partial charge on any atom is 0.306 e. The summed E-state index contributed by atoms with van der Waals surface area (Å²) >= 11 is 0. The molecule has 0 radical (unpaired) electrons. The van der Waals surface area contributed by atoms with Gasteiger partial charge in [0.2, 0.25) is 0 Å². The molecule has 0 aromatic heterocycles. The molecule has 0 amide bonds. The third-order valence-electron chi connectivity index (χ3n) is 3.62. The number of alkyl halides is 2. The Morgan fingerprint density at radius 3 is 2.67 bits per heavy atom. The fourth-order valence-electron chi connectivity index (χ4n) is 2.53. The lowest BCUT2D eigenvalue weighted by atomic mass is 10.1. The van der Waals surface area contributed by atoms with E-state index < -0.39 is 34.5 Å². The summed E-state index contributed by atoms with van der Waals surface area (Å²) in [7, 11) is 0. The van der Waals surface area contributed by atoms with Crippen LogP contribution in [0.4, 0.5) is 20.2 Å². The quantitative estimate of drug-likeness (QED) is 0.643. The Labute approximate surface area is 118 Å². The zero-order chi connectivity index (χ0) is 15.6. The van der Waals surface area contributed by atoms with Crippen LogP contribution in [-0.4, -0.2) is 22.0 Å². The molecule has 0 bridgehead atoms. The first-order valence-electron chi connectivity index (χ1n) is 6.44. The molecule has 114 valence electrons. The number of hydrogen-bond donors (Lipinski definition) is 2. The number of halogens is 2. The van der Waals surface area contributed by atoms with Crippen molar-refractivity contribution >= 4 is 17.3 Å². The molecule has 6 nitrogen and oxygen atoms in total. The summed E-state index contributed by atoms with van der Waals surface area (Å²) in [6, 6.07) is 3.02. The third-order valence-corrected chi connectivity index (χ3v) is 3.62. The van der Waals surface area contributed by atoms with Crippen molar-refractivity contribution in [3.63, 3.8) is 0 Å². The van der Waals surface area contributed by atoms with E-state index in [0.717, 1.165) is 12.1 Å². The molecule has 0 saturated heterocycles. The Bertz CT molecular complexity index is 565. The molecule has 1 fully saturated rings. The zero-order valence-electron chi connectivity index (χ0n) is 11.0.